The Morgan fingerprint density at radius 3 is 1.44 bits per heavy atom. The van der Waals surface area contributed by atoms with Crippen LogP contribution >= 0.6 is 11.3 Å². The van der Waals surface area contributed by atoms with Gasteiger partial charge in [-0.05, 0) is 78.2 Å². The summed E-state index contributed by atoms with van der Waals surface area (Å²) in [4.78, 5) is 0. The first-order valence-electron chi connectivity index (χ1n) is 15.4. The minimum absolute atomic E-state index is 1.23. The van der Waals surface area contributed by atoms with Gasteiger partial charge in [-0.15, -0.1) is 11.3 Å². The monoisotopic (exact) mass is 588 g/mol. The van der Waals surface area contributed by atoms with Gasteiger partial charge in [0.15, 0.2) is 0 Å². The maximum atomic E-state index is 2.39. The van der Waals surface area contributed by atoms with Gasteiger partial charge in [-0.2, -0.15) is 0 Å². The van der Waals surface area contributed by atoms with Crippen molar-refractivity contribution in [1.82, 2.24) is 0 Å². The minimum Gasteiger partial charge on any atom is -0.135 e. The van der Waals surface area contributed by atoms with E-state index in [-0.39, 0.29) is 0 Å². The molecule has 9 rings (SSSR count). The third-order valence-electron chi connectivity index (χ3n) is 9.08. The lowest BCUT2D eigenvalue weighted by atomic mass is 9.85. The van der Waals surface area contributed by atoms with E-state index < -0.39 is 0 Å². The van der Waals surface area contributed by atoms with E-state index in [1.54, 1.807) is 0 Å². The van der Waals surface area contributed by atoms with E-state index in [9.17, 15) is 0 Å². The van der Waals surface area contributed by atoms with Gasteiger partial charge >= 0.3 is 0 Å². The van der Waals surface area contributed by atoms with E-state index in [4.69, 9.17) is 0 Å². The van der Waals surface area contributed by atoms with Gasteiger partial charge in [0.1, 0.15) is 0 Å². The Labute approximate surface area is 266 Å². The molecule has 0 atom stereocenters. The normalized spacial score (nSPS) is 11.6. The van der Waals surface area contributed by atoms with Crippen LogP contribution in [0.2, 0.25) is 0 Å². The first kappa shape index (κ1) is 25.9. The predicted octanol–water partition coefficient (Wildman–Crippen LogP) is 13.0. The molecule has 210 valence electrons. The van der Waals surface area contributed by atoms with Crippen molar-refractivity contribution in [2.24, 2.45) is 0 Å². The van der Waals surface area contributed by atoms with Crippen LogP contribution in [0.25, 0.3) is 86.2 Å². The van der Waals surface area contributed by atoms with Crippen LogP contribution in [0, 0.1) is 0 Å². The first-order chi connectivity index (χ1) is 22.3. The lowest BCUT2D eigenvalue weighted by molar-refractivity contribution is 1.61. The molecule has 0 aliphatic rings. The Morgan fingerprint density at radius 1 is 0.289 bits per heavy atom. The molecule has 0 unspecified atom stereocenters. The first-order valence-corrected chi connectivity index (χ1v) is 16.3. The van der Waals surface area contributed by atoms with E-state index in [1.807, 2.05) is 11.3 Å². The quantitative estimate of drug-likeness (QED) is 0.179. The molecular weight excluding hydrogens is 561 g/mol. The average molecular weight is 589 g/mol. The standard InChI is InChI=1S/C44H28S/c1-2-12-29(13-3-1)30-24-26-31(27-25-30)42-36-17-4-6-19-38(36)43(39-20-7-5-18-37(39)42)33-15-10-14-32(28-33)34-21-11-22-40-35-16-8-9-23-41(35)45-44(34)40/h1-28H. The zero-order valence-electron chi connectivity index (χ0n) is 24.6. The summed E-state index contributed by atoms with van der Waals surface area (Å²) < 4.78 is 2.68. The van der Waals surface area contributed by atoms with Crippen molar-refractivity contribution in [3.63, 3.8) is 0 Å². The minimum atomic E-state index is 1.23. The Morgan fingerprint density at radius 2 is 0.756 bits per heavy atom. The smallest absolute Gasteiger partial charge is 0.0433 e. The van der Waals surface area contributed by atoms with Crippen molar-refractivity contribution in [1.29, 1.82) is 0 Å². The van der Waals surface area contributed by atoms with Crippen LogP contribution < -0.4 is 0 Å². The lowest BCUT2D eigenvalue weighted by Gasteiger charge is -2.18. The fraction of sp³-hybridized carbons (Fsp3) is 0. The van der Waals surface area contributed by atoms with Crippen LogP contribution in [-0.4, -0.2) is 0 Å². The van der Waals surface area contributed by atoms with Crippen LogP contribution in [0.15, 0.2) is 170 Å². The van der Waals surface area contributed by atoms with Crippen molar-refractivity contribution >= 4 is 53.1 Å². The van der Waals surface area contributed by atoms with E-state index in [0.717, 1.165) is 0 Å². The van der Waals surface area contributed by atoms with Gasteiger partial charge in [-0.1, -0.05) is 158 Å². The number of rotatable bonds is 4. The molecule has 0 spiro atoms. The molecule has 0 N–H and O–H groups in total. The molecule has 0 aliphatic carbocycles. The molecule has 1 aromatic heterocycles. The Bertz CT molecular complexity index is 2460. The number of fused-ring (bicyclic) bond motifs is 5. The van der Waals surface area contributed by atoms with Gasteiger partial charge in [0.25, 0.3) is 0 Å². The van der Waals surface area contributed by atoms with Crippen molar-refractivity contribution < 1.29 is 0 Å². The highest BCUT2D eigenvalue weighted by atomic mass is 32.1. The van der Waals surface area contributed by atoms with Crippen LogP contribution in [0.4, 0.5) is 0 Å². The van der Waals surface area contributed by atoms with Crippen molar-refractivity contribution in [3.05, 3.63) is 170 Å². The molecular formula is C44H28S. The van der Waals surface area contributed by atoms with Crippen molar-refractivity contribution in [2.75, 3.05) is 0 Å². The average Bonchev–Trinajstić information content (AvgIpc) is 3.50. The van der Waals surface area contributed by atoms with Crippen molar-refractivity contribution in [3.8, 4) is 44.5 Å². The number of thiophene rings is 1. The molecule has 0 saturated carbocycles. The molecule has 0 nitrogen and oxygen atoms in total. The highest BCUT2D eigenvalue weighted by molar-refractivity contribution is 7.26. The zero-order valence-corrected chi connectivity index (χ0v) is 25.4. The summed E-state index contributed by atoms with van der Waals surface area (Å²) >= 11 is 1.89. The lowest BCUT2D eigenvalue weighted by Crippen LogP contribution is -1.91. The van der Waals surface area contributed by atoms with E-state index in [2.05, 4.69) is 170 Å². The summed E-state index contributed by atoms with van der Waals surface area (Å²) in [5.41, 5.74) is 10.1. The predicted molar refractivity (Wildman–Crippen MR) is 196 cm³/mol. The SMILES string of the molecule is c1ccc(-c2ccc(-c3c4ccccc4c(-c4cccc(-c5cccc6c5sc5ccccc56)c4)c4ccccc34)cc2)cc1. The molecule has 0 saturated heterocycles. The molecule has 8 aromatic carbocycles. The van der Waals surface area contributed by atoms with Crippen LogP contribution in [0.5, 0.6) is 0 Å². The molecule has 1 heterocycles. The second-order valence-corrected chi connectivity index (χ2v) is 12.7. The summed E-state index contributed by atoms with van der Waals surface area (Å²) in [5, 5.41) is 7.76. The third-order valence-corrected chi connectivity index (χ3v) is 10.3. The van der Waals surface area contributed by atoms with Gasteiger partial charge in [0, 0.05) is 20.2 Å². The molecule has 1 heteroatoms. The zero-order chi connectivity index (χ0) is 29.7. The molecule has 0 fully saturated rings. The van der Waals surface area contributed by atoms with Crippen LogP contribution in [-0.2, 0) is 0 Å². The van der Waals surface area contributed by atoms with Crippen LogP contribution in [0.1, 0.15) is 0 Å². The van der Waals surface area contributed by atoms with E-state index >= 15 is 0 Å². The van der Waals surface area contributed by atoms with E-state index in [0.29, 0.717) is 0 Å². The highest BCUT2D eigenvalue weighted by Gasteiger charge is 2.17. The maximum Gasteiger partial charge on any atom is 0.0433 e. The second-order valence-electron chi connectivity index (χ2n) is 11.6. The molecule has 45 heavy (non-hydrogen) atoms. The summed E-state index contributed by atoms with van der Waals surface area (Å²) in [7, 11) is 0. The molecule has 0 aliphatic heterocycles. The molecule has 0 amide bonds. The summed E-state index contributed by atoms with van der Waals surface area (Å²) in [5.74, 6) is 0. The Balaban J connectivity index is 1.25. The van der Waals surface area contributed by atoms with Gasteiger partial charge in [0.2, 0.25) is 0 Å². The number of hydrogen-bond acceptors (Lipinski definition) is 1. The number of benzene rings is 8. The van der Waals surface area contributed by atoms with Gasteiger partial charge < -0.3 is 0 Å². The largest absolute Gasteiger partial charge is 0.135 e. The van der Waals surface area contributed by atoms with Crippen molar-refractivity contribution in [2.45, 2.75) is 0 Å². The topological polar surface area (TPSA) is 0 Å². The fourth-order valence-electron chi connectivity index (χ4n) is 7.03. The summed E-state index contributed by atoms with van der Waals surface area (Å²) in [6, 6.07) is 62.1. The Hall–Kier alpha value is -5.50. The summed E-state index contributed by atoms with van der Waals surface area (Å²) in [6.07, 6.45) is 0. The van der Waals surface area contributed by atoms with Crippen LogP contribution in [0.3, 0.4) is 0 Å². The Kier molecular flexibility index (Phi) is 6.11. The number of hydrogen-bond donors (Lipinski definition) is 0. The summed E-state index contributed by atoms with van der Waals surface area (Å²) in [6.45, 7) is 0. The maximum absolute atomic E-state index is 2.39. The molecule has 9 aromatic rings. The second kappa shape index (κ2) is 10.6. The van der Waals surface area contributed by atoms with Gasteiger partial charge in [-0.3, -0.25) is 0 Å². The van der Waals surface area contributed by atoms with E-state index in [1.165, 1.54) is 86.2 Å². The van der Waals surface area contributed by atoms with Gasteiger partial charge in [0.05, 0.1) is 0 Å². The highest BCUT2D eigenvalue weighted by Crippen LogP contribution is 2.45. The van der Waals surface area contributed by atoms with Gasteiger partial charge in [-0.25, -0.2) is 0 Å². The fourth-order valence-corrected chi connectivity index (χ4v) is 8.27. The molecule has 0 bridgehead atoms. The molecule has 0 radical (unpaired) electrons. The third kappa shape index (κ3) is 4.28.